The summed E-state index contributed by atoms with van der Waals surface area (Å²) < 4.78 is 5.27. The Morgan fingerprint density at radius 2 is 2.21 bits per heavy atom. The molecule has 0 spiro atoms. The highest BCUT2D eigenvalue weighted by atomic mass is 32.2. The number of hydrogen-bond acceptors (Lipinski definition) is 4. The molecule has 0 amide bonds. The molecule has 0 radical (unpaired) electrons. The van der Waals surface area contributed by atoms with Gasteiger partial charge in [0.05, 0.1) is 12.7 Å². The van der Waals surface area contributed by atoms with Crippen LogP contribution < -0.4 is 0 Å². The fourth-order valence-electron chi connectivity index (χ4n) is 1.32. The molecule has 1 aliphatic heterocycles. The van der Waals surface area contributed by atoms with Gasteiger partial charge in [-0.1, -0.05) is 20.3 Å². The van der Waals surface area contributed by atoms with Crippen LogP contribution in [0.15, 0.2) is 0 Å². The molecule has 0 saturated carbocycles. The zero-order valence-electron chi connectivity index (χ0n) is 8.85. The monoisotopic (exact) mass is 220 g/mol. The van der Waals surface area contributed by atoms with E-state index in [4.69, 9.17) is 4.74 Å². The van der Waals surface area contributed by atoms with Crippen LogP contribution in [0.1, 0.15) is 20.3 Å². The van der Waals surface area contributed by atoms with Crippen LogP contribution in [-0.2, 0) is 4.74 Å². The lowest BCUT2D eigenvalue weighted by molar-refractivity contribution is 0.0337. The quantitative estimate of drug-likeness (QED) is 0.722. The lowest BCUT2D eigenvalue weighted by atomic mass is 10.2. The highest BCUT2D eigenvalue weighted by molar-refractivity contribution is 7.99. The Morgan fingerprint density at radius 3 is 2.71 bits per heavy atom. The summed E-state index contributed by atoms with van der Waals surface area (Å²) in [5.41, 5.74) is 0. The molecule has 1 rings (SSSR count). The number of rotatable bonds is 5. The zero-order valence-corrected chi connectivity index (χ0v) is 9.67. The molecule has 14 heavy (non-hydrogen) atoms. The van der Waals surface area contributed by atoms with Gasteiger partial charge >= 0.3 is 0 Å². The van der Waals surface area contributed by atoms with Crippen molar-refractivity contribution in [3.05, 3.63) is 0 Å². The first-order valence-corrected chi connectivity index (χ1v) is 6.36. The smallest absolute Gasteiger partial charge is 0.109 e. The second kappa shape index (κ2) is 5.95. The first-order chi connectivity index (χ1) is 6.65. The van der Waals surface area contributed by atoms with E-state index in [1.165, 1.54) is 6.42 Å². The number of ether oxygens (including phenoxy) is 1. The van der Waals surface area contributed by atoms with E-state index in [2.05, 4.69) is 13.8 Å². The molecule has 0 aromatic carbocycles. The van der Waals surface area contributed by atoms with E-state index in [9.17, 15) is 10.2 Å². The van der Waals surface area contributed by atoms with Gasteiger partial charge in [-0.15, -0.1) is 0 Å². The van der Waals surface area contributed by atoms with E-state index < -0.39 is 12.2 Å². The van der Waals surface area contributed by atoms with Gasteiger partial charge in [-0.25, -0.2) is 0 Å². The molecule has 2 N–H and O–H groups in total. The Hall–Kier alpha value is 0.230. The predicted molar refractivity (Wildman–Crippen MR) is 58.5 cm³/mol. The molecular formula is C10H20O3S. The Kier molecular flexibility index (Phi) is 5.23. The van der Waals surface area contributed by atoms with Crippen LogP contribution in [0, 0.1) is 5.92 Å². The van der Waals surface area contributed by atoms with Gasteiger partial charge in [0.15, 0.2) is 0 Å². The molecule has 3 nitrogen and oxygen atoms in total. The van der Waals surface area contributed by atoms with Crippen LogP contribution in [0.4, 0.5) is 0 Å². The van der Waals surface area contributed by atoms with Gasteiger partial charge in [0.2, 0.25) is 0 Å². The lowest BCUT2D eigenvalue weighted by Gasteiger charge is -2.15. The minimum Gasteiger partial charge on any atom is -0.388 e. The maximum absolute atomic E-state index is 9.49. The van der Waals surface area contributed by atoms with Gasteiger partial charge in [-0.3, -0.25) is 0 Å². The molecule has 84 valence electrons. The molecular weight excluding hydrogens is 200 g/mol. The third-order valence-electron chi connectivity index (χ3n) is 2.64. The van der Waals surface area contributed by atoms with Crippen LogP contribution in [-0.4, -0.2) is 46.6 Å². The largest absolute Gasteiger partial charge is 0.388 e. The van der Waals surface area contributed by atoms with E-state index in [-0.39, 0.29) is 12.7 Å². The summed E-state index contributed by atoms with van der Waals surface area (Å²) in [4.78, 5) is 0. The van der Waals surface area contributed by atoms with E-state index in [0.717, 1.165) is 11.5 Å². The van der Waals surface area contributed by atoms with Gasteiger partial charge in [-0.05, 0) is 11.7 Å². The molecule has 0 aromatic rings. The molecule has 1 aliphatic rings. The normalized spacial score (nSPS) is 34.7. The standard InChI is InChI=1S/C10H20O3S/c1-3-7(2)5-14-6-9-10(12)8(11)4-13-9/h7-12H,3-6H2,1-2H3. The average molecular weight is 220 g/mol. The molecule has 1 fully saturated rings. The number of hydrogen-bond donors (Lipinski definition) is 2. The Morgan fingerprint density at radius 1 is 1.50 bits per heavy atom. The van der Waals surface area contributed by atoms with Crippen molar-refractivity contribution >= 4 is 11.8 Å². The topological polar surface area (TPSA) is 49.7 Å². The van der Waals surface area contributed by atoms with Crippen molar-refractivity contribution in [2.75, 3.05) is 18.1 Å². The second-order valence-corrected chi connectivity index (χ2v) is 5.06. The van der Waals surface area contributed by atoms with Crippen molar-refractivity contribution in [2.24, 2.45) is 5.92 Å². The lowest BCUT2D eigenvalue weighted by Crippen LogP contribution is -2.31. The third kappa shape index (κ3) is 3.42. The van der Waals surface area contributed by atoms with Crippen LogP contribution in [0.3, 0.4) is 0 Å². The number of thioether (sulfide) groups is 1. The third-order valence-corrected chi connectivity index (χ3v) is 4.01. The highest BCUT2D eigenvalue weighted by Gasteiger charge is 2.34. The zero-order chi connectivity index (χ0) is 10.6. The minimum atomic E-state index is -0.695. The van der Waals surface area contributed by atoms with Crippen molar-refractivity contribution in [2.45, 2.75) is 38.6 Å². The van der Waals surface area contributed by atoms with Crippen molar-refractivity contribution in [3.8, 4) is 0 Å². The molecule has 4 atom stereocenters. The number of aliphatic hydroxyl groups is 2. The van der Waals surface area contributed by atoms with Crippen LogP contribution in [0.5, 0.6) is 0 Å². The van der Waals surface area contributed by atoms with E-state index >= 15 is 0 Å². The summed E-state index contributed by atoms with van der Waals surface area (Å²) in [6, 6.07) is 0. The van der Waals surface area contributed by atoms with Gasteiger partial charge in [0, 0.05) is 5.75 Å². The molecule has 1 heterocycles. The van der Waals surface area contributed by atoms with E-state index in [1.807, 2.05) is 0 Å². The summed E-state index contributed by atoms with van der Waals surface area (Å²) >= 11 is 1.79. The maximum atomic E-state index is 9.49. The molecule has 0 aliphatic carbocycles. The van der Waals surface area contributed by atoms with Gasteiger partial charge in [-0.2, -0.15) is 11.8 Å². The SMILES string of the molecule is CCC(C)CSCC1OCC(O)C1O. The Bertz CT molecular complexity index is 165. The molecule has 4 heteroatoms. The number of aliphatic hydroxyl groups excluding tert-OH is 2. The molecule has 4 unspecified atom stereocenters. The van der Waals surface area contributed by atoms with E-state index in [1.54, 1.807) is 11.8 Å². The average Bonchev–Trinajstić information content (AvgIpc) is 2.49. The summed E-state index contributed by atoms with van der Waals surface area (Å²) in [6.45, 7) is 4.67. The fraction of sp³-hybridized carbons (Fsp3) is 1.00. The van der Waals surface area contributed by atoms with Crippen LogP contribution in [0.2, 0.25) is 0 Å². The summed E-state index contributed by atoms with van der Waals surface area (Å²) in [5, 5.41) is 18.7. The van der Waals surface area contributed by atoms with Gasteiger partial charge in [0.25, 0.3) is 0 Å². The molecule has 1 saturated heterocycles. The predicted octanol–water partition coefficient (Wildman–Crippen LogP) is 0.886. The molecule has 0 aromatic heterocycles. The Labute approximate surface area is 89.8 Å². The molecule has 0 bridgehead atoms. The first kappa shape index (κ1) is 12.3. The van der Waals surface area contributed by atoms with E-state index in [0.29, 0.717) is 5.92 Å². The van der Waals surface area contributed by atoms with Crippen molar-refractivity contribution in [1.82, 2.24) is 0 Å². The Balaban J connectivity index is 2.13. The maximum Gasteiger partial charge on any atom is 0.109 e. The van der Waals surface area contributed by atoms with Crippen molar-refractivity contribution < 1.29 is 14.9 Å². The summed E-state index contributed by atoms with van der Waals surface area (Å²) in [5.74, 6) is 2.59. The minimum absolute atomic E-state index is 0.181. The summed E-state index contributed by atoms with van der Waals surface area (Å²) in [7, 11) is 0. The second-order valence-electron chi connectivity index (χ2n) is 3.98. The summed E-state index contributed by atoms with van der Waals surface area (Å²) in [6.07, 6.45) is -0.383. The van der Waals surface area contributed by atoms with Gasteiger partial charge < -0.3 is 14.9 Å². The fourth-order valence-corrected chi connectivity index (χ4v) is 2.62. The van der Waals surface area contributed by atoms with Crippen LogP contribution >= 0.6 is 11.8 Å². The van der Waals surface area contributed by atoms with Crippen molar-refractivity contribution in [3.63, 3.8) is 0 Å². The van der Waals surface area contributed by atoms with Crippen LogP contribution in [0.25, 0.3) is 0 Å². The van der Waals surface area contributed by atoms with Crippen molar-refractivity contribution in [1.29, 1.82) is 0 Å². The highest BCUT2D eigenvalue weighted by Crippen LogP contribution is 2.20. The first-order valence-electron chi connectivity index (χ1n) is 5.20. The van der Waals surface area contributed by atoms with Gasteiger partial charge in [0.1, 0.15) is 12.2 Å².